The molecule has 0 bridgehead atoms. The predicted molar refractivity (Wildman–Crippen MR) is 77.3 cm³/mol. The highest BCUT2D eigenvalue weighted by atomic mass is 16.3. The summed E-state index contributed by atoms with van der Waals surface area (Å²) in [6.45, 7) is 4.21. The van der Waals surface area contributed by atoms with E-state index in [1.165, 1.54) is 5.56 Å². The number of hydrogen-bond donors (Lipinski definition) is 2. The molecule has 0 saturated carbocycles. The Balaban J connectivity index is 2.30. The zero-order chi connectivity index (χ0) is 13.8. The van der Waals surface area contributed by atoms with Crippen LogP contribution in [-0.4, -0.2) is 11.0 Å². The van der Waals surface area contributed by atoms with Gasteiger partial charge in [0, 0.05) is 12.1 Å². The number of rotatable bonds is 5. The monoisotopic (exact) mass is 261 g/mol. The molecule has 3 heteroatoms. The van der Waals surface area contributed by atoms with Crippen molar-refractivity contribution in [3.05, 3.63) is 28.8 Å². The van der Waals surface area contributed by atoms with Crippen LogP contribution in [0.15, 0.2) is 12.1 Å². The summed E-state index contributed by atoms with van der Waals surface area (Å²) in [6.07, 6.45) is 4.76. The number of benzene rings is 1. The average Bonchev–Trinajstić information content (AvgIpc) is 2.43. The minimum Gasteiger partial charge on any atom is -0.388 e. The van der Waals surface area contributed by atoms with Gasteiger partial charge in [-0.3, -0.25) is 4.79 Å². The van der Waals surface area contributed by atoms with Gasteiger partial charge in [0.25, 0.3) is 0 Å². The summed E-state index contributed by atoms with van der Waals surface area (Å²) in [7, 11) is 0. The maximum atomic E-state index is 11.5. The molecule has 2 N–H and O–H groups in total. The third-order valence-corrected chi connectivity index (χ3v) is 3.81. The maximum absolute atomic E-state index is 11.5. The van der Waals surface area contributed by atoms with Gasteiger partial charge < -0.3 is 10.4 Å². The molecule has 0 saturated heterocycles. The molecule has 1 amide bonds. The SMILES string of the molecule is CCCCC(O)c1cc(CC)c2c(c1)CCC(=O)N2. The Morgan fingerprint density at radius 3 is 2.79 bits per heavy atom. The summed E-state index contributed by atoms with van der Waals surface area (Å²) < 4.78 is 0. The van der Waals surface area contributed by atoms with Gasteiger partial charge in [-0.15, -0.1) is 0 Å². The number of carbonyl (C=O) groups is 1. The molecule has 1 aliphatic rings. The summed E-state index contributed by atoms with van der Waals surface area (Å²) in [5.41, 5.74) is 4.28. The molecule has 1 heterocycles. The van der Waals surface area contributed by atoms with Crippen molar-refractivity contribution < 1.29 is 9.90 Å². The Labute approximate surface area is 115 Å². The molecule has 1 aromatic carbocycles. The van der Waals surface area contributed by atoms with E-state index in [1.807, 2.05) is 6.07 Å². The summed E-state index contributed by atoms with van der Waals surface area (Å²) in [5, 5.41) is 13.2. The smallest absolute Gasteiger partial charge is 0.224 e. The van der Waals surface area contributed by atoms with Gasteiger partial charge in [-0.25, -0.2) is 0 Å². The lowest BCUT2D eigenvalue weighted by Crippen LogP contribution is -2.21. The third-order valence-electron chi connectivity index (χ3n) is 3.81. The Morgan fingerprint density at radius 1 is 1.32 bits per heavy atom. The van der Waals surface area contributed by atoms with Crippen LogP contribution in [0, 0.1) is 0 Å². The molecule has 19 heavy (non-hydrogen) atoms. The van der Waals surface area contributed by atoms with E-state index in [9.17, 15) is 9.90 Å². The van der Waals surface area contributed by atoms with E-state index in [0.717, 1.165) is 48.9 Å². The second-order valence-corrected chi connectivity index (χ2v) is 5.27. The molecule has 0 fully saturated rings. The fourth-order valence-electron chi connectivity index (χ4n) is 2.64. The molecular weight excluding hydrogens is 238 g/mol. The van der Waals surface area contributed by atoms with Crippen molar-refractivity contribution in [2.24, 2.45) is 0 Å². The van der Waals surface area contributed by atoms with E-state index in [1.54, 1.807) is 0 Å². The van der Waals surface area contributed by atoms with Gasteiger partial charge in [-0.05, 0) is 36.0 Å². The first kappa shape index (κ1) is 14.1. The van der Waals surface area contributed by atoms with E-state index in [0.29, 0.717) is 6.42 Å². The van der Waals surface area contributed by atoms with E-state index < -0.39 is 0 Å². The number of amides is 1. The van der Waals surface area contributed by atoms with E-state index in [2.05, 4.69) is 25.2 Å². The van der Waals surface area contributed by atoms with E-state index >= 15 is 0 Å². The number of carbonyl (C=O) groups excluding carboxylic acids is 1. The van der Waals surface area contributed by atoms with Crippen molar-refractivity contribution in [1.29, 1.82) is 0 Å². The minimum absolute atomic E-state index is 0.0986. The highest BCUT2D eigenvalue weighted by molar-refractivity contribution is 5.94. The van der Waals surface area contributed by atoms with Crippen molar-refractivity contribution in [3.8, 4) is 0 Å². The Kier molecular flexibility index (Phi) is 4.59. The van der Waals surface area contributed by atoms with Gasteiger partial charge in [-0.1, -0.05) is 38.8 Å². The van der Waals surface area contributed by atoms with Crippen LogP contribution in [0.1, 0.15) is 62.3 Å². The van der Waals surface area contributed by atoms with E-state index in [-0.39, 0.29) is 12.0 Å². The molecule has 0 aromatic heterocycles. The number of unbranched alkanes of at least 4 members (excludes halogenated alkanes) is 1. The first-order valence-corrected chi connectivity index (χ1v) is 7.29. The number of nitrogens with one attached hydrogen (secondary N) is 1. The number of aryl methyl sites for hydroxylation is 2. The Morgan fingerprint density at radius 2 is 2.11 bits per heavy atom. The van der Waals surface area contributed by atoms with Crippen molar-refractivity contribution in [1.82, 2.24) is 0 Å². The fraction of sp³-hybridized carbons (Fsp3) is 0.562. The number of anilines is 1. The largest absolute Gasteiger partial charge is 0.388 e. The van der Waals surface area contributed by atoms with Gasteiger partial charge in [0.05, 0.1) is 6.10 Å². The highest BCUT2D eigenvalue weighted by Crippen LogP contribution is 2.32. The zero-order valence-electron chi connectivity index (χ0n) is 11.8. The van der Waals surface area contributed by atoms with Gasteiger partial charge >= 0.3 is 0 Å². The molecule has 3 nitrogen and oxygen atoms in total. The van der Waals surface area contributed by atoms with Gasteiger partial charge in [0.1, 0.15) is 0 Å². The van der Waals surface area contributed by atoms with Crippen LogP contribution in [-0.2, 0) is 17.6 Å². The number of aliphatic hydroxyl groups is 1. The normalized spacial score (nSPS) is 15.8. The summed E-state index contributed by atoms with van der Waals surface area (Å²) in [6, 6.07) is 4.11. The lowest BCUT2D eigenvalue weighted by Gasteiger charge is -2.22. The molecule has 0 aliphatic carbocycles. The maximum Gasteiger partial charge on any atom is 0.224 e. The van der Waals surface area contributed by atoms with Crippen molar-refractivity contribution in [3.63, 3.8) is 0 Å². The van der Waals surface area contributed by atoms with Crippen LogP contribution in [0.5, 0.6) is 0 Å². The highest BCUT2D eigenvalue weighted by Gasteiger charge is 2.20. The topological polar surface area (TPSA) is 49.3 Å². The second kappa shape index (κ2) is 6.20. The standard InChI is InChI=1S/C16H23NO2/c1-3-5-6-14(18)13-9-11(4-2)16-12(10-13)7-8-15(19)17-16/h9-10,14,18H,3-8H2,1-2H3,(H,17,19). The molecule has 1 aromatic rings. The van der Waals surface area contributed by atoms with Crippen LogP contribution in [0.4, 0.5) is 5.69 Å². The molecule has 0 radical (unpaired) electrons. The summed E-state index contributed by atoms with van der Waals surface area (Å²) >= 11 is 0. The molecule has 104 valence electrons. The molecular formula is C16H23NO2. The minimum atomic E-state index is -0.381. The lowest BCUT2D eigenvalue weighted by atomic mass is 9.92. The fourth-order valence-corrected chi connectivity index (χ4v) is 2.64. The summed E-state index contributed by atoms with van der Waals surface area (Å²) in [4.78, 5) is 11.5. The van der Waals surface area contributed by atoms with Crippen LogP contribution >= 0.6 is 0 Å². The second-order valence-electron chi connectivity index (χ2n) is 5.27. The van der Waals surface area contributed by atoms with Crippen LogP contribution in [0.25, 0.3) is 0 Å². The summed E-state index contributed by atoms with van der Waals surface area (Å²) in [5.74, 6) is 0.0986. The predicted octanol–water partition coefficient (Wildman–Crippen LogP) is 3.36. The third kappa shape index (κ3) is 3.16. The number of fused-ring (bicyclic) bond motifs is 1. The Bertz CT molecular complexity index is 451. The molecule has 2 rings (SSSR count). The van der Waals surface area contributed by atoms with Gasteiger partial charge in [-0.2, -0.15) is 0 Å². The van der Waals surface area contributed by atoms with Crippen molar-refractivity contribution >= 4 is 11.6 Å². The lowest BCUT2D eigenvalue weighted by molar-refractivity contribution is -0.116. The first-order valence-electron chi connectivity index (χ1n) is 7.29. The first-order chi connectivity index (χ1) is 9.15. The van der Waals surface area contributed by atoms with Crippen LogP contribution in [0.2, 0.25) is 0 Å². The van der Waals surface area contributed by atoms with Gasteiger partial charge in [0.2, 0.25) is 5.91 Å². The zero-order valence-corrected chi connectivity index (χ0v) is 11.8. The van der Waals surface area contributed by atoms with Crippen LogP contribution in [0.3, 0.4) is 0 Å². The molecule has 1 aliphatic heterocycles. The van der Waals surface area contributed by atoms with Crippen molar-refractivity contribution in [2.75, 3.05) is 5.32 Å². The molecule has 1 unspecified atom stereocenters. The van der Waals surface area contributed by atoms with E-state index in [4.69, 9.17) is 0 Å². The quantitative estimate of drug-likeness (QED) is 0.854. The average molecular weight is 261 g/mol. The number of aliphatic hydroxyl groups excluding tert-OH is 1. The molecule has 0 spiro atoms. The number of hydrogen-bond acceptors (Lipinski definition) is 2. The van der Waals surface area contributed by atoms with Crippen molar-refractivity contribution in [2.45, 2.75) is 58.5 Å². The van der Waals surface area contributed by atoms with Crippen LogP contribution < -0.4 is 5.32 Å². The van der Waals surface area contributed by atoms with Gasteiger partial charge in [0.15, 0.2) is 0 Å². The Hall–Kier alpha value is -1.35. The molecule has 1 atom stereocenters.